The lowest BCUT2D eigenvalue weighted by Crippen LogP contribution is -1.96. The standard InChI is InChI=1S/C7H4Cl2F2IN/c8-2-4-6(9)3(7(10)11)1-5(12)13-4/h1,7H,2H2. The summed E-state index contributed by atoms with van der Waals surface area (Å²) in [6.07, 6.45) is -2.59. The molecule has 0 unspecified atom stereocenters. The molecule has 1 nitrogen and oxygen atoms in total. The lowest BCUT2D eigenvalue weighted by Gasteiger charge is -2.06. The quantitative estimate of drug-likeness (QED) is 0.451. The molecule has 13 heavy (non-hydrogen) atoms. The summed E-state index contributed by atoms with van der Waals surface area (Å²) in [5.74, 6) is 0.0371. The topological polar surface area (TPSA) is 12.9 Å². The average molecular weight is 338 g/mol. The first kappa shape index (κ1) is 11.4. The van der Waals surface area contributed by atoms with Crippen molar-refractivity contribution < 1.29 is 8.78 Å². The number of rotatable bonds is 2. The average Bonchev–Trinajstić information content (AvgIpc) is 2.08. The number of hydrogen-bond acceptors (Lipinski definition) is 1. The molecule has 0 N–H and O–H groups in total. The first-order valence-corrected chi connectivity index (χ1v) is 5.24. The number of nitrogens with zero attached hydrogens (tertiary/aromatic N) is 1. The van der Waals surface area contributed by atoms with E-state index in [1.54, 1.807) is 0 Å². The van der Waals surface area contributed by atoms with Crippen LogP contribution < -0.4 is 0 Å². The van der Waals surface area contributed by atoms with Crippen LogP contribution in [0.5, 0.6) is 0 Å². The number of alkyl halides is 3. The third-order valence-electron chi connectivity index (χ3n) is 1.38. The summed E-state index contributed by atoms with van der Waals surface area (Å²) in [4.78, 5) is 3.92. The van der Waals surface area contributed by atoms with Crippen molar-refractivity contribution in [2.24, 2.45) is 0 Å². The molecule has 0 aliphatic carbocycles. The van der Waals surface area contributed by atoms with Gasteiger partial charge in [-0.3, -0.25) is 0 Å². The molecule has 0 saturated carbocycles. The Hall–Kier alpha value is 0.320. The van der Waals surface area contributed by atoms with E-state index < -0.39 is 6.43 Å². The Balaban J connectivity index is 3.27. The van der Waals surface area contributed by atoms with Gasteiger partial charge in [-0.1, -0.05) is 11.6 Å². The second-order valence-corrected chi connectivity index (χ2v) is 3.98. The summed E-state index contributed by atoms with van der Waals surface area (Å²) in [6.45, 7) is 0. The van der Waals surface area contributed by atoms with Crippen molar-refractivity contribution in [2.75, 3.05) is 0 Å². The van der Waals surface area contributed by atoms with Gasteiger partial charge in [-0.15, -0.1) is 11.6 Å². The van der Waals surface area contributed by atoms with E-state index in [9.17, 15) is 8.78 Å². The van der Waals surface area contributed by atoms with Crippen molar-refractivity contribution in [2.45, 2.75) is 12.3 Å². The molecule has 0 aromatic carbocycles. The molecule has 0 saturated heterocycles. The summed E-state index contributed by atoms with van der Waals surface area (Å²) in [7, 11) is 0. The van der Waals surface area contributed by atoms with E-state index in [4.69, 9.17) is 23.2 Å². The van der Waals surface area contributed by atoms with Crippen LogP contribution in [-0.4, -0.2) is 4.98 Å². The summed E-state index contributed by atoms with van der Waals surface area (Å²) in [6, 6.07) is 1.25. The SMILES string of the molecule is FC(F)c1cc(I)nc(CCl)c1Cl. The summed E-state index contributed by atoms with van der Waals surface area (Å²) in [5, 5.41) is -0.0367. The minimum atomic E-state index is -2.59. The molecule has 0 aliphatic heterocycles. The van der Waals surface area contributed by atoms with Gasteiger partial charge >= 0.3 is 0 Å². The summed E-state index contributed by atoms with van der Waals surface area (Å²) < 4.78 is 25.2. The molecule has 0 atom stereocenters. The molecule has 72 valence electrons. The van der Waals surface area contributed by atoms with Crippen LogP contribution in [0.3, 0.4) is 0 Å². The van der Waals surface area contributed by atoms with E-state index in [2.05, 4.69) is 4.98 Å². The minimum absolute atomic E-state index is 0.0367. The number of halogens is 5. The number of pyridine rings is 1. The molecule has 0 amide bonds. The first-order valence-electron chi connectivity index (χ1n) is 3.25. The van der Waals surface area contributed by atoms with E-state index >= 15 is 0 Å². The van der Waals surface area contributed by atoms with Crippen LogP contribution in [0.1, 0.15) is 17.7 Å². The maximum absolute atomic E-state index is 12.4. The maximum atomic E-state index is 12.4. The maximum Gasteiger partial charge on any atom is 0.265 e. The van der Waals surface area contributed by atoms with Crippen molar-refractivity contribution in [3.63, 3.8) is 0 Å². The molecular formula is C7H4Cl2F2IN. The Bertz CT molecular complexity index is 320. The normalized spacial score (nSPS) is 10.9. The highest BCUT2D eigenvalue weighted by molar-refractivity contribution is 14.1. The van der Waals surface area contributed by atoms with E-state index in [0.717, 1.165) is 0 Å². The van der Waals surface area contributed by atoms with Crippen molar-refractivity contribution in [1.29, 1.82) is 0 Å². The fraction of sp³-hybridized carbons (Fsp3) is 0.286. The van der Waals surface area contributed by atoms with Crippen molar-refractivity contribution in [3.05, 3.63) is 26.0 Å². The molecular weight excluding hydrogens is 334 g/mol. The molecule has 0 fully saturated rings. The highest BCUT2D eigenvalue weighted by Gasteiger charge is 2.16. The molecule has 6 heteroatoms. The van der Waals surface area contributed by atoms with E-state index in [1.165, 1.54) is 6.07 Å². The number of hydrogen-bond donors (Lipinski definition) is 0. The Kier molecular flexibility index (Phi) is 4.12. The monoisotopic (exact) mass is 337 g/mol. The van der Waals surface area contributed by atoms with Crippen LogP contribution in [0, 0.1) is 3.70 Å². The highest BCUT2D eigenvalue weighted by Crippen LogP contribution is 2.30. The van der Waals surface area contributed by atoms with Gasteiger partial charge in [0.05, 0.1) is 16.6 Å². The van der Waals surface area contributed by atoms with Crippen LogP contribution in [0.2, 0.25) is 5.02 Å². The molecule has 0 bridgehead atoms. The third kappa shape index (κ3) is 2.63. The van der Waals surface area contributed by atoms with Crippen molar-refractivity contribution in [3.8, 4) is 0 Å². The number of aromatic nitrogens is 1. The van der Waals surface area contributed by atoms with Gasteiger partial charge in [0.15, 0.2) is 0 Å². The lowest BCUT2D eigenvalue weighted by atomic mass is 10.2. The summed E-state index contributed by atoms with van der Waals surface area (Å²) in [5.41, 5.74) is 0.0854. The van der Waals surface area contributed by atoms with Gasteiger partial charge in [0.1, 0.15) is 3.70 Å². The molecule has 0 aliphatic rings. The smallest absolute Gasteiger partial charge is 0.244 e. The third-order valence-corrected chi connectivity index (χ3v) is 2.63. The molecule has 1 aromatic heterocycles. The van der Waals surface area contributed by atoms with E-state index in [0.29, 0.717) is 9.39 Å². The Morgan fingerprint density at radius 1 is 1.54 bits per heavy atom. The van der Waals surface area contributed by atoms with Gasteiger partial charge in [-0.2, -0.15) is 0 Å². The van der Waals surface area contributed by atoms with Gasteiger partial charge in [0, 0.05) is 5.56 Å². The van der Waals surface area contributed by atoms with Crippen LogP contribution >= 0.6 is 45.8 Å². The van der Waals surface area contributed by atoms with E-state index in [1.807, 2.05) is 22.6 Å². The first-order chi connectivity index (χ1) is 6.06. The second-order valence-electron chi connectivity index (χ2n) is 2.23. The highest BCUT2D eigenvalue weighted by atomic mass is 127. The van der Waals surface area contributed by atoms with Crippen LogP contribution in [0.15, 0.2) is 6.07 Å². The predicted molar refractivity (Wildman–Crippen MR) is 56.5 cm³/mol. The van der Waals surface area contributed by atoms with Crippen LogP contribution in [0.4, 0.5) is 8.78 Å². The fourth-order valence-electron chi connectivity index (χ4n) is 0.816. The lowest BCUT2D eigenvalue weighted by molar-refractivity contribution is 0.151. The van der Waals surface area contributed by atoms with Crippen molar-refractivity contribution >= 4 is 45.8 Å². The minimum Gasteiger partial charge on any atom is -0.244 e. The van der Waals surface area contributed by atoms with Gasteiger partial charge in [0.2, 0.25) is 0 Å². The Labute approximate surface area is 97.6 Å². The Morgan fingerprint density at radius 2 is 2.15 bits per heavy atom. The van der Waals surface area contributed by atoms with Crippen LogP contribution in [0.25, 0.3) is 0 Å². The second kappa shape index (κ2) is 4.70. The zero-order valence-electron chi connectivity index (χ0n) is 6.20. The zero-order valence-corrected chi connectivity index (χ0v) is 9.87. The zero-order chi connectivity index (χ0) is 10.0. The molecule has 0 radical (unpaired) electrons. The fourth-order valence-corrected chi connectivity index (χ4v) is 1.95. The van der Waals surface area contributed by atoms with Crippen LogP contribution in [-0.2, 0) is 5.88 Å². The molecule has 1 heterocycles. The molecule has 1 aromatic rings. The largest absolute Gasteiger partial charge is 0.265 e. The van der Waals surface area contributed by atoms with Crippen molar-refractivity contribution in [1.82, 2.24) is 4.98 Å². The van der Waals surface area contributed by atoms with E-state index in [-0.39, 0.29) is 16.5 Å². The summed E-state index contributed by atoms with van der Waals surface area (Å²) >= 11 is 13.0. The van der Waals surface area contributed by atoms with Gasteiger partial charge < -0.3 is 0 Å². The Morgan fingerprint density at radius 3 is 2.62 bits per heavy atom. The van der Waals surface area contributed by atoms with Gasteiger partial charge in [-0.05, 0) is 28.7 Å². The molecule has 0 spiro atoms. The molecule has 1 rings (SSSR count). The van der Waals surface area contributed by atoms with Gasteiger partial charge in [-0.25, -0.2) is 13.8 Å². The predicted octanol–water partition coefficient (Wildman–Crippen LogP) is 4.02. The van der Waals surface area contributed by atoms with Gasteiger partial charge in [0.25, 0.3) is 6.43 Å².